The second kappa shape index (κ2) is 7.08. The summed E-state index contributed by atoms with van der Waals surface area (Å²) in [6.45, 7) is 8.76. The zero-order valence-corrected chi connectivity index (χ0v) is 13.7. The molecule has 1 aliphatic rings. The van der Waals surface area contributed by atoms with Gasteiger partial charge >= 0.3 is 0 Å². The van der Waals surface area contributed by atoms with Crippen molar-refractivity contribution in [2.24, 2.45) is 0 Å². The first-order valence-electron chi connectivity index (χ1n) is 8.26. The molecule has 1 N–H and O–H groups in total. The van der Waals surface area contributed by atoms with Gasteiger partial charge in [-0.15, -0.1) is 0 Å². The molecule has 0 aliphatic carbocycles. The van der Waals surface area contributed by atoms with Gasteiger partial charge in [0.05, 0.1) is 0 Å². The van der Waals surface area contributed by atoms with Crippen LogP contribution < -0.4 is 5.32 Å². The lowest BCUT2D eigenvalue weighted by molar-refractivity contribution is 0.320. The van der Waals surface area contributed by atoms with Crippen LogP contribution in [0.5, 0.6) is 0 Å². The van der Waals surface area contributed by atoms with Crippen molar-refractivity contribution in [3.05, 3.63) is 70.8 Å². The maximum atomic E-state index is 3.73. The van der Waals surface area contributed by atoms with Crippen molar-refractivity contribution in [1.29, 1.82) is 0 Å². The zero-order chi connectivity index (χ0) is 15.4. The molecule has 0 amide bonds. The molecule has 1 heterocycles. The smallest absolute Gasteiger partial charge is 0.0234 e. The van der Waals surface area contributed by atoms with Crippen LogP contribution in [0.15, 0.2) is 48.5 Å². The van der Waals surface area contributed by atoms with Gasteiger partial charge in [-0.1, -0.05) is 54.1 Å². The summed E-state index contributed by atoms with van der Waals surface area (Å²) in [6, 6.07) is 18.1. The molecule has 2 nitrogen and oxygen atoms in total. The van der Waals surface area contributed by atoms with Gasteiger partial charge in [-0.25, -0.2) is 0 Å². The topological polar surface area (TPSA) is 15.3 Å². The van der Waals surface area contributed by atoms with Crippen molar-refractivity contribution in [3.63, 3.8) is 0 Å². The average molecular weight is 294 g/mol. The third kappa shape index (κ3) is 3.96. The van der Waals surface area contributed by atoms with E-state index in [4.69, 9.17) is 0 Å². The first-order chi connectivity index (χ1) is 10.7. The highest BCUT2D eigenvalue weighted by atomic mass is 15.2. The van der Waals surface area contributed by atoms with Crippen LogP contribution in [0.4, 0.5) is 0 Å². The summed E-state index contributed by atoms with van der Waals surface area (Å²) in [7, 11) is 0. The van der Waals surface area contributed by atoms with Gasteiger partial charge in [0.1, 0.15) is 0 Å². The number of hydrogen-bond acceptors (Lipinski definition) is 2. The Balaban J connectivity index is 1.49. The van der Waals surface area contributed by atoms with E-state index in [2.05, 4.69) is 72.6 Å². The number of benzene rings is 2. The highest BCUT2D eigenvalue weighted by Gasteiger charge is 2.21. The molecule has 1 atom stereocenters. The number of likely N-dealkylation sites (tertiary alicyclic amines) is 1. The Morgan fingerprint density at radius 1 is 1.09 bits per heavy atom. The van der Waals surface area contributed by atoms with Crippen molar-refractivity contribution in [2.75, 3.05) is 13.1 Å². The Morgan fingerprint density at radius 3 is 2.68 bits per heavy atom. The minimum Gasteiger partial charge on any atom is -0.309 e. The van der Waals surface area contributed by atoms with Gasteiger partial charge in [0, 0.05) is 32.2 Å². The molecule has 2 aromatic rings. The fourth-order valence-corrected chi connectivity index (χ4v) is 3.28. The van der Waals surface area contributed by atoms with Gasteiger partial charge in [0.15, 0.2) is 0 Å². The first kappa shape index (κ1) is 15.3. The lowest BCUT2D eigenvalue weighted by Crippen LogP contribution is -2.32. The molecule has 0 spiro atoms. The third-order valence-electron chi connectivity index (χ3n) is 4.60. The lowest BCUT2D eigenvalue weighted by atomic mass is 10.1. The van der Waals surface area contributed by atoms with Gasteiger partial charge in [0.2, 0.25) is 0 Å². The fourth-order valence-electron chi connectivity index (χ4n) is 3.28. The summed E-state index contributed by atoms with van der Waals surface area (Å²) in [5.74, 6) is 0. The quantitative estimate of drug-likeness (QED) is 0.905. The molecule has 0 saturated carbocycles. The van der Waals surface area contributed by atoms with Crippen LogP contribution in [0.2, 0.25) is 0 Å². The molecule has 0 bridgehead atoms. The normalized spacial score (nSPS) is 18.7. The van der Waals surface area contributed by atoms with E-state index in [1.165, 1.54) is 35.2 Å². The Hall–Kier alpha value is -1.64. The van der Waals surface area contributed by atoms with Crippen LogP contribution in [0.25, 0.3) is 0 Å². The zero-order valence-electron chi connectivity index (χ0n) is 13.7. The Kier molecular flexibility index (Phi) is 4.91. The van der Waals surface area contributed by atoms with E-state index in [1.807, 2.05) is 0 Å². The van der Waals surface area contributed by atoms with E-state index in [1.54, 1.807) is 0 Å². The Bertz CT molecular complexity index is 606. The van der Waals surface area contributed by atoms with Crippen molar-refractivity contribution in [3.8, 4) is 0 Å². The van der Waals surface area contributed by atoms with Crippen molar-refractivity contribution >= 4 is 0 Å². The molecule has 1 saturated heterocycles. The molecule has 0 radical (unpaired) electrons. The minimum atomic E-state index is 0.615. The molecular formula is C20H26N2. The third-order valence-corrected chi connectivity index (χ3v) is 4.60. The molecule has 1 unspecified atom stereocenters. The molecular weight excluding hydrogens is 268 g/mol. The van der Waals surface area contributed by atoms with Crippen LogP contribution in [-0.4, -0.2) is 24.0 Å². The monoisotopic (exact) mass is 294 g/mol. The van der Waals surface area contributed by atoms with Crippen molar-refractivity contribution < 1.29 is 0 Å². The SMILES string of the molecule is Cc1ccc(CNC2CCN(Cc3ccccc3)C2)c(C)c1. The summed E-state index contributed by atoms with van der Waals surface area (Å²) >= 11 is 0. The first-order valence-corrected chi connectivity index (χ1v) is 8.26. The highest BCUT2D eigenvalue weighted by Crippen LogP contribution is 2.15. The van der Waals surface area contributed by atoms with Crippen LogP contribution in [-0.2, 0) is 13.1 Å². The molecule has 2 aromatic carbocycles. The summed E-state index contributed by atoms with van der Waals surface area (Å²) < 4.78 is 0. The summed E-state index contributed by atoms with van der Waals surface area (Å²) in [6.07, 6.45) is 1.25. The van der Waals surface area contributed by atoms with Crippen LogP contribution in [0.1, 0.15) is 28.7 Å². The maximum absolute atomic E-state index is 3.73. The van der Waals surface area contributed by atoms with Gasteiger partial charge in [-0.05, 0) is 37.0 Å². The van der Waals surface area contributed by atoms with E-state index in [-0.39, 0.29) is 0 Å². The number of nitrogens with one attached hydrogen (secondary N) is 1. The van der Waals surface area contributed by atoms with Gasteiger partial charge in [-0.3, -0.25) is 4.90 Å². The molecule has 22 heavy (non-hydrogen) atoms. The maximum Gasteiger partial charge on any atom is 0.0234 e. The van der Waals surface area contributed by atoms with E-state index in [9.17, 15) is 0 Å². The molecule has 116 valence electrons. The largest absolute Gasteiger partial charge is 0.309 e. The highest BCUT2D eigenvalue weighted by molar-refractivity contribution is 5.30. The molecule has 3 rings (SSSR count). The number of aryl methyl sites for hydroxylation is 2. The molecule has 2 heteroatoms. The fraction of sp³-hybridized carbons (Fsp3) is 0.400. The second-order valence-corrected chi connectivity index (χ2v) is 6.52. The van der Waals surface area contributed by atoms with Crippen molar-refractivity contribution in [2.45, 2.75) is 39.4 Å². The van der Waals surface area contributed by atoms with E-state index in [0.29, 0.717) is 6.04 Å². The predicted octanol–water partition coefficient (Wildman–Crippen LogP) is 3.67. The molecule has 1 fully saturated rings. The van der Waals surface area contributed by atoms with E-state index >= 15 is 0 Å². The standard InChI is InChI=1S/C20H26N2/c1-16-8-9-19(17(2)12-16)13-21-20-10-11-22(15-20)14-18-6-4-3-5-7-18/h3-9,12,20-21H,10-11,13-15H2,1-2H3. The second-order valence-electron chi connectivity index (χ2n) is 6.52. The Labute approximate surface area is 134 Å². The Morgan fingerprint density at radius 2 is 1.91 bits per heavy atom. The molecule has 1 aliphatic heterocycles. The minimum absolute atomic E-state index is 0.615. The number of nitrogens with zero attached hydrogens (tertiary/aromatic N) is 1. The predicted molar refractivity (Wildman–Crippen MR) is 92.9 cm³/mol. The molecule has 0 aromatic heterocycles. The van der Waals surface area contributed by atoms with Crippen LogP contribution >= 0.6 is 0 Å². The summed E-state index contributed by atoms with van der Waals surface area (Å²) in [4.78, 5) is 2.55. The van der Waals surface area contributed by atoms with Gasteiger partial charge in [0.25, 0.3) is 0 Å². The van der Waals surface area contributed by atoms with Gasteiger partial charge < -0.3 is 5.32 Å². The van der Waals surface area contributed by atoms with Crippen LogP contribution in [0.3, 0.4) is 0 Å². The van der Waals surface area contributed by atoms with Crippen LogP contribution in [0, 0.1) is 13.8 Å². The average Bonchev–Trinajstić information content (AvgIpc) is 2.95. The van der Waals surface area contributed by atoms with E-state index in [0.717, 1.165) is 19.6 Å². The van der Waals surface area contributed by atoms with Crippen molar-refractivity contribution in [1.82, 2.24) is 10.2 Å². The van der Waals surface area contributed by atoms with Gasteiger partial charge in [-0.2, -0.15) is 0 Å². The van der Waals surface area contributed by atoms with E-state index < -0.39 is 0 Å². The number of rotatable bonds is 5. The number of hydrogen-bond donors (Lipinski definition) is 1. The lowest BCUT2D eigenvalue weighted by Gasteiger charge is -2.17. The summed E-state index contributed by atoms with van der Waals surface area (Å²) in [5.41, 5.74) is 5.58. The summed E-state index contributed by atoms with van der Waals surface area (Å²) in [5, 5.41) is 3.73.